The molecule has 0 spiro atoms. The summed E-state index contributed by atoms with van der Waals surface area (Å²) in [5, 5.41) is 11.6. The zero-order chi connectivity index (χ0) is 20.3. The molecule has 1 N–H and O–H groups in total. The van der Waals surface area contributed by atoms with Gasteiger partial charge in [-0.25, -0.2) is 8.42 Å². The van der Waals surface area contributed by atoms with Gasteiger partial charge in [0, 0.05) is 23.3 Å². The Balaban J connectivity index is 1.77. The molecule has 1 unspecified atom stereocenters. The molecule has 2 amide bonds. The van der Waals surface area contributed by atoms with Crippen LogP contribution < -0.4 is 5.32 Å². The number of hydrogen-bond donors (Lipinski definition) is 1. The minimum Gasteiger partial charge on any atom is -0.324 e. The molecule has 1 atom stereocenters. The lowest BCUT2D eigenvalue weighted by Gasteiger charge is -2.23. The lowest BCUT2D eigenvalue weighted by molar-refractivity contribution is -0.119. The Morgan fingerprint density at radius 2 is 1.93 bits per heavy atom. The first-order valence-corrected chi connectivity index (χ1v) is 11.3. The Hall–Kier alpha value is -2.83. The Kier molecular flexibility index (Phi) is 5.72. The molecular weight excluding hydrogens is 398 g/mol. The molecule has 144 valence electrons. The lowest BCUT2D eigenvalue weighted by atomic mass is 10.1. The van der Waals surface area contributed by atoms with Crippen molar-refractivity contribution in [3.63, 3.8) is 0 Å². The highest BCUT2D eigenvalue weighted by Gasteiger charge is 2.35. The van der Waals surface area contributed by atoms with E-state index in [-0.39, 0.29) is 16.4 Å². The molecule has 0 bridgehead atoms. The van der Waals surface area contributed by atoms with Crippen LogP contribution in [0.2, 0.25) is 0 Å². The maximum atomic E-state index is 12.9. The van der Waals surface area contributed by atoms with Gasteiger partial charge in [-0.05, 0) is 42.5 Å². The van der Waals surface area contributed by atoms with E-state index in [2.05, 4.69) is 5.32 Å². The van der Waals surface area contributed by atoms with Crippen LogP contribution in [-0.2, 0) is 14.6 Å². The van der Waals surface area contributed by atoms with Gasteiger partial charge in [0.15, 0.2) is 9.84 Å². The van der Waals surface area contributed by atoms with E-state index in [1.165, 1.54) is 40.9 Å². The molecule has 9 heteroatoms. The van der Waals surface area contributed by atoms with Crippen molar-refractivity contribution in [1.82, 2.24) is 4.90 Å². The van der Waals surface area contributed by atoms with E-state index in [4.69, 9.17) is 5.26 Å². The molecule has 0 aromatic heterocycles. The van der Waals surface area contributed by atoms with Crippen LogP contribution in [0.1, 0.15) is 15.9 Å². The van der Waals surface area contributed by atoms with Crippen LogP contribution in [0.25, 0.3) is 0 Å². The number of carbonyl (C=O) groups is 2. The maximum Gasteiger partial charge on any atom is 0.255 e. The summed E-state index contributed by atoms with van der Waals surface area (Å²) in [5.74, 6) is 0.0605. The first kappa shape index (κ1) is 19.9. The highest BCUT2D eigenvalue weighted by atomic mass is 32.2. The highest BCUT2D eigenvalue weighted by Crippen LogP contribution is 2.25. The molecule has 28 heavy (non-hydrogen) atoms. The first-order chi connectivity index (χ1) is 13.3. The standard InChI is InChI=1S/C19H17N3O4S2/c1-28(25,26)16-4-2-3-14(9-16)19(24)22-12-27-11-17(22)18(23)21-15-7-5-13(10-20)6-8-15/h2-9,17H,11-12H2,1H3,(H,21,23). The van der Waals surface area contributed by atoms with Gasteiger partial charge in [0.2, 0.25) is 5.91 Å². The summed E-state index contributed by atoms with van der Waals surface area (Å²) in [5.41, 5.74) is 1.24. The molecule has 0 saturated carbocycles. The molecule has 7 nitrogen and oxygen atoms in total. The first-order valence-electron chi connectivity index (χ1n) is 8.29. The highest BCUT2D eigenvalue weighted by molar-refractivity contribution is 7.99. The minimum absolute atomic E-state index is 0.0591. The monoisotopic (exact) mass is 415 g/mol. The van der Waals surface area contributed by atoms with Crippen molar-refractivity contribution in [2.75, 3.05) is 23.2 Å². The largest absolute Gasteiger partial charge is 0.324 e. The Morgan fingerprint density at radius 1 is 1.21 bits per heavy atom. The van der Waals surface area contributed by atoms with Crippen LogP contribution in [0.4, 0.5) is 5.69 Å². The summed E-state index contributed by atoms with van der Waals surface area (Å²) in [4.78, 5) is 27.0. The predicted molar refractivity (Wildman–Crippen MR) is 107 cm³/mol. The molecule has 1 saturated heterocycles. The van der Waals surface area contributed by atoms with Crippen molar-refractivity contribution in [3.8, 4) is 6.07 Å². The number of amides is 2. The summed E-state index contributed by atoms with van der Waals surface area (Å²) in [7, 11) is -3.44. The molecule has 2 aromatic rings. The van der Waals surface area contributed by atoms with Crippen LogP contribution in [0.3, 0.4) is 0 Å². The van der Waals surface area contributed by atoms with Gasteiger partial charge in [-0.15, -0.1) is 11.8 Å². The molecule has 0 radical (unpaired) electrons. The van der Waals surface area contributed by atoms with E-state index in [1.54, 1.807) is 24.3 Å². The molecule has 1 heterocycles. The number of nitriles is 1. The molecular formula is C19H17N3O4S2. The summed E-state index contributed by atoms with van der Waals surface area (Å²) in [6.07, 6.45) is 1.08. The van der Waals surface area contributed by atoms with E-state index in [1.807, 2.05) is 6.07 Å². The zero-order valence-electron chi connectivity index (χ0n) is 15.0. The molecule has 0 aliphatic carbocycles. The van der Waals surface area contributed by atoms with Crippen molar-refractivity contribution in [1.29, 1.82) is 5.26 Å². The van der Waals surface area contributed by atoms with Gasteiger partial charge in [0.1, 0.15) is 6.04 Å². The average Bonchev–Trinajstić information content (AvgIpc) is 3.17. The molecule has 1 aliphatic heterocycles. The van der Waals surface area contributed by atoms with Gasteiger partial charge in [0.25, 0.3) is 5.91 Å². The van der Waals surface area contributed by atoms with Crippen molar-refractivity contribution in [2.24, 2.45) is 0 Å². The van der Waals surface area contributed by atoms with Gasteiger partial charge in [-0.1, -0.05) is 6.07 Å². The smallest absolute Gasteiger partial charge is 0.255 e. The zero-order valence-corrected chi connectivity index (χ0v) is 16.6. The van der Waals surface area contributed by atoms with E-state index in [9.17, 15) is 18.0 Å². The second kappa shape index (κ2) is 8.04. The Bertz CT molecular complexity index is 1060. The molecule has 1 fully saturated rings. The number of hydrogen-bond acceptors (Lipinski definition) is 6. The second-order valence-corrected chi connectivity index (χ2v) is 9.28. The minimum atomic E-state index is -3.44. The number of thioether (sulfide) groups is 1. The van der Waals surface area contributed by atoms with Crippen LogP contribution in [-0.4, -0.2) is 49.1 Å². The Labute approximate surface area is 167 Å². The summed E-state index contributed by atoms with van der Waals surface area (Å²) in [6.45, 7) is 0. The number of carbonyl (C=O) groups excluding carboxylic acids is 2. The second-order valence-electron chi connectivity index (χ2n) is 6.27. The van der Waals surface area contributed by atoms with E-state index in [0.717, 1.165) is 6.26 Å². The van der Waals surface area contributed by atoms with Crippen LogP contribution in [0.5, 0.6) is 0 Å². The third-order valence-electron chi connectivity index (χ3n) is 4.24. The van der Waals surface area contributed by atoms with Crippen molar-refractivity contribution < 1.29 is 18.0 Å². The number of benzene rings is 2. The van der Waals surface area contributed by atoms with Crippen LogP contribution in [0.15, 0.2) is 53.4 Å². The van der Waals surface area contributed by atoms with Crippen molar-refractivity contribution >= 4 is 39.1 Å². The molecule has 2 aromatic carbocycles. The van der Waals surface area contributed by atoms with Gasteiger partial charge in [0.05, 0.1) is 22.4 Å². The Morgan fingerprint density at radius 3 is 2.57 bits per heavy atom. The van der Waals surface area contributed by atoms with E-state index < -0.39 is 21.8 Å². The predicted octanol–water partition coefficient (Wildman–Crippen LogP) is 2.12. The summed E-state index contributed by atoms with van der Waals surface area (Å²) in [6, 6.07) is 13.6. The van der Waals surface area contributed by atoms with Gasteiger partial charge >= 0.3 is 0 Å². The number of anilines is 1. The fraction of sp³-hybridized carbons (Fsp3) is 0.211. The quantitative estimate of drug-likeness (QED) is 0.820. The molecule has 1 aliphatic rings. The van der Waals surface area contributed by atoms with Gasteiger partial charge < -0.3 is 10.2 Å². The van der Waals surface area contributed by atoms with Crippen molar-refractivity contribution in [3.05, 3.63) is 59.7 Å². The summed E-state index contributed by atoms with van der Waals surface area (Å²) < 4.78 is 23.5. The van der Waals surface area contributed by atoms with Gasteiger partial charge in [-0.3, -0.25) is 9.59 Å². The molecule has 3 rings (SSSR count). The average molecular weight is 415 g/mol. The number of nitrogens with one attached hydrogen (secondary N) is 1. The normalized spacial score (nSPS) is 16.4. The van der Waals surface area contributed by atoms with E-state index >= 15 is 0 Å². The van der Waals surface area contributed by atoms with Crippen molar-refractivity contribution in [2.45, 2.75) is 10.9 Å². The van der Waals surface area contributed by atoms with Crippen LogP contribution in [0, 0.1) is 11.3 Å². The third-order valence-corrected chi connectivity index (χ3v) is 6.36. The van der Waals surface area contributed by atoms with Crippen LogP contribution >= 0.6 is 11.8 Å². The van der Waals surface area contributed by atoms with Gasteiger partial charge in [-0.2, -0.15) is 5.26 Å². The number of sulfone groups is 1. The number of rotatable bonds is 4. The van der Waals surface area contributed by atoms with E-state index in [0.29, 0.717) is 22.9 Å². The fourth-order valence-electron chi connectivity index (χ4n) is 2.74. The topological polar surface area (TPSA) is 107 Å². The fourth-order valence-corrected chi connectivity index (χ4v) is 4.56. The number of nitrogens with zero attached hydrogens (tertiary/aromatic N) is 2. The summed E-state index contributed by atoms with van der Waals surface area (Å²) >= 11 is 1.45. The maximum absolute atomic E-state index is 12.9. The lowest BCUT2D eigenvalue weighted by Crippen LogP contribution is -2.44. The SMILES string of the molecule is CS(=O)(=O)c1cccc(C(=O)N2CSCC2C(=O)Nc2ccc(C#N)cc2)c1. The third kappa shape index (κ3) is 4.35.